The summed E-state index contributed by atoms with van der Waals surface area (Å²) in [5.74, 6) is 0.925. The van der Waals surface area contributed by atoms with Crippen LogP contribution in [-0.4, -0.2) is 24.8 Å². The molecule has 0 aliphatic heterocycles. The van der Waals surface area contributed by atoms with Gasteiger partial charge in [0.05, 0.1) is 19.8 Å². The topological polar surface area (TPSA) is 49.7 Å². The Morgan fingerprint density at radius 2 is 1.52 bits per heavy atom. The molecule has 0 spiro atoms. The molecule has 29 heavy (non-hydrogen) atoms. The minimum absolute atomic E-state index is 0.166. The zero-order chi connectivity index (χ0) is 21.1. The molecule has 0 aliphatic carbocycles. The summed E-state index contributed by atoms with van der Waals surface area (Å²) >= 11 is 0. The molecule has 1 aromatic heterocycles. The van der Waals surface area contributed by atoms with Crippen LogP contribution in [-0.2, 0) is 11.3 Å². The first-order valence-electron chi connectivity index (χ1n) is 9.50. The van der Waals surface area contributed by atoms with E-state index in [1.165, 1.54) is 5.56 Å². The number of carbonyl (C=O) groups is 1. The lowest BCUT2D eigenvalue weighted by atomic mass is 10.1. The highest BCUT2D eigenvalue weighted by atomic mass is 16.5. The predicted octanol–water partition coefficient (Wildman–Crippen LogP) is 5.09. The fourth-order valence-electron chi connectivity index (χ4n) is 3.46. The number of hydrogen-bond donors (Lipinski definition) is 0. The van der Waals surface area contributed by atoms with E-state index < -0.39 is 0 Å². The van der Waals surface area contributed by atoms with Crippen LogP contribution >= 0.6 is 0 Å². The molecular weight excluding hydrogens is 366 g/mol. The van der Waals surface area contributed by atoms with Crippen molar-refractivity contribution in [3.8, 4) is 17.2 Å². The van der Waals surface area contributed by atoms with Gasteiger partial charge in [0.1, 0.15) is 6.61 Å². The highest BCUT2D eigenvalue weighted by Crippen LogP contribution is 2.31. The molecular formula is C24H27NO4. The summed E-state index contributed by atoms with van der Waals surface area (Å²) in [5, 5.41) is 0. The fraction of sp³-hybridized carbons (Fsp3) is 0.292. The standard InChI is InChI=1S/C24H27NO4/c1-15-7-9-20(10-8-15)25-17(3)12-21(18(25)4)24(26)29-14-19-13-23(28-6)22(27-5)11-16(19)2/h7-13H,14H2,1-6H3. The lowest BCUT2D eigenvalue weighted by Gasteiger charge is -2.13. The van der Waals surface area contributed by atoms with Gasteiger partial charge in [-0.2, -0.15) is 0 Å². The Morgan fingerprint density at radius 1 is 0.897 bits per heavy atom. The number of ether oxygens (including phenoxy) is 3. The number of benzene rings is 2. The maximum atomic E-state index is 12.8. The van der Waals surface area contributed by atoms with Gasteiger partial charge in [0.2, 0.25) is 0 Å². The van der Waals surface area contributed by atoms with Crippen molar-refractivity contribution in [1.29, 1.82) is 0 Å². The van der Waals surface area contributed by atoms with Gasteiger partial charge in [-0.1, -0.05) is 17.7 Å². The predicted molar refractivity (Wildman–Crippen MR) is 113 cm³/mol. The van der Waals surface area contributed by atoms with Crippen LogP contribution in [0.1, 0.15) is 38.4 Å². The molecule has 2 aromatic carbocycles. The molecule has 152 valence electrons. The van der Waals surface area contributed by atoms with Gasteiger partial charge in [0.25, 0.3) is 0 Å². The Labute approximate surface area is 171 Å². The molecule has 5 heteroatoms. The molecule has 0 N–H and O–H groups in total. The zero-order valence-corrected chi connectivity index (χ0v) is 17.8. The van der Waals surface area contributed by atoms with E-state index in [0.717, 1.165) is 28.2 Å². The molecule has 3 aromatic rings. The van der Waals surface area contributed by atoms with E-state index in [-0.39, 0.29) is 12.6 Å². The number of methoxy groups -OCH3 is 2. The first-order valence-corrected chi connectivity index (χ1v) is 9.50. The third-order valence-corrected chi connectivity index (χ3v) is 5.14. The summed E-state index contributed by atoms with van der Waals surface area (Å²) in [5.41, 5.74) is 6.49. The van der Waals surface area contributed by atoms with Crippen LogP contribution in [0.2, 0.25) is 0 Å². The van der Waals surface area contributed by atoms with Crippen LogP contribution in [0, 0.1) is 27.7 Å². The fourth-order valence-corrected chi connectivity index (χ4v) is 3.46. The van der Waals surface area contributed by atoms with Gasteiger partial charge < -0.3 is 18.8 Å². The van der Waals surface area contributed by atoms with Crippen molar-refractivity contribution in [2.75, 3.05) is 14.2 Å². The third-order valence-electron chi connectivity index (χ3n) is 5.14. The molecule has 1 heterocycles. The first-order chi connectivity index (χ1) is 13.8. The number of hydrogen-bond acceptors (Lipinski definition) is 4. The van der Waals surface area contributed by atoms with Crippen molar-refractivity contribution < 1.29 is 19.0 Å². The van der Waals surface area contributed by atoms with Crippen molar-refractivity contribution in [2.45, 2.75) is 34.3 Å². The Kier molecular flexibility index (Phi) is 5.97. The second-order valence-corrected chi connectivity index (χ2v) is 7.17. The summed E-state index contributed by atoms with van der Waals surface area (Å²) in [6.07, 6.45) is 0. The van der Waals surface area contributed by atoms with Crippen LogP contribution in [0.15, 0.2) is 42.5 Å². The maximum absolute atomic E-state index is 12.8. The Bertz CT molecular complexity index is 1030. The lowest BCUT2D eigenvalue weighted by molar-refractivity contribution is 0.0471. The molecule has 0 unspecified atom stereocenters. The molecule has 5 nitrogen and oxygen atoms in total. The van der Waals surface area contributed by atoms with Gasteiger partial charge in [-0.15, -0.1) is 0 Å². The smallest absolute Gasteiger partial charge is 0.340 e. The van der Waals surface area contributed by atoms with Crippen LogP contribution in [0.3, 0.4) is 0 Å². The molecule has 0 radical (unpaired) electrons. The van der Waals surface area contributed by atoms with Gasteiger partial charge in [-0.05, 0) is 69.2 Å². The molecule has 0 saturated carbocycles. The average molecular weight is 393 g/mol. The number of aromatic nitrogens is 1. The molecule has 0 atom stereocenters. The van der Waals surface area contributed by atoms with Crippen LogP contribution in [0.5, 0.6) is 11.5 Å². The molecule has 0 amide bonds. The Hall–Kier alpha value is -3.21. The van der Waals surface area contributed by atoms with E-state index in [1.807, 2.05) is 39.0 Å². The number of carbonyl (C=O) groups excluding carboxylic acids is 1. The summed E-state index contributed by atoms with van der Waals surface area (Å²) < 4.78 is 18.4. The van der Waals surface area contributed by atoms with E-state index >= 15 is 0 Å². The first kappa shape index (κ1) is 20.5. The van der Waals surface area contributed by atoms with Crippen molar-refractivity contribution in [3.05, 3.63) is 76.1 Å². The van der Waals surface area contributed by atoms with E-state index in [2.05, 4.69) is 35.8 Å². The largest absolute Gasteiger partial charge is 0.493 e. The van der Waals surface area contributed by atoms with E-state index in [1.54, 1.807) is 14.2 Å². The normalized spacial score (nSPS) is 10.7. The Morgan fingerprint density at radius 3 is 2.14 bits per heavy atom. The summed E-state index contributed by atoms with van der Waals surface area (Å²) in [7, 11) is 3.18. The summed E-state index contributed by atoms with van der Waals surface area (Å²) in [6, 6.07) is 13.8. The molecule has 0 fully saturated rings. The number of aryl methyl sites for hydroxylation is 3. The number of esters is 1. The molecule has 0 bridgehead atoms. The zero-order valence-electron chi connectivity index (χ0n) is 17.8. The highest BCUT2D eigenvalue weighted by molar-refractivity contribution is 5.91. The number of nitrogens with zero attached hydrogens (tertiary/aromatic N) is 1. The second-order valence-electron chi connectivity index (χ2n) is 7.17. The van der Waals surface area contributed by atoms with Crippen molar-refractivity contribution >= 4 is 5.97 Å². The van der Waals surface area contributed by atoms with Crippen LogP contribution < -0.4 is 9.47 Å². The Balaban J connectivity index is 1.82. The van der Waals surface area contributed by atoms with Gasteiger partial charge in [0.15, 0.2) is 11.5 Å². The van der Waals surface area contributed by atoms with Gasteiger partial charge in [0, 0.05) is 17.1 Å². The van der Waals surface area contributed by atoms with Crippen molar-refractivity contribution in [1.82, 2.24) is 4.57 Å². The van der Waals surface area contributed by atoms with Gasteiger partial charge in [-0.3, -0.25) is 0 Å². The van der Waals surface area contributed by atoms with Gasteiger partial charge in [-0.25, -0.2) is 4.79 Å². The number of rotatable bonds is 6. The lowest BCUT2D eigenvalue weighted by Crippen LogP contribution is -2.08. The third kappa shape index (κ3) is 4.14. The van der Waals surface area contributed by atoms with E-state index in [0.29, 0.717) is 17.1 Å². The maximum Gasteiger partial charge on any atom is 0.340 e. The molecule has 0 aliphatic rings. The average Bonchev–Trinajstić information content (AvgIpc) is 3.01. The van der Waals surface area contributed by atoms with E-state index in [4.69, 9.17) is 14.2 Å². The minimum Gasteiger partial charge on any atom is -0.493 e. The van der Waals surface area contributed by atoms with Crippen LogP contribution in [0.4, 0.5) is 0 Å². The monoisotopic (exact) mass is 393 g/mol. The second kappa shape index (κ2) is 8.43. The van der Waals surface area contributed by atoms with Crippen molar-refractivity contribution in [3.63, 3.8) is 0 Å². The molecule has 0 saturated heterocycles. The van der Waals surface area contributed by atoms with Gasteiger partial charge >= 0.3 is 5.97 Å². The summed E-state index contributed by atoms with van der Waals surface area (Å²) in [4.78, 5) is 12.8. The highest BCUT2D eigenvalue weighted by Gasteiger charge is 2.19. The van der Waals surface area contributed by atoms with Crippen molar-refractivity contribution in [2.24, 2.45) is 0 Å². The summed E-state index contributed by atoms with van der Waals surface area (Å²) in [6.45, 7) is 8.10. The molecule has 3 rings (SSSR count). The van der Waals surface area contributed by atoms with Crippen LogP contribution in [0.25, 0.3) is 5.69 Å². The minimum atomic E-state index is -0.342. The quantitative estimate of drug-likeness (QED) is 0.548. The van der Waals surface area contributed by atoms with E-state index in [9.17, 15) is 4.79 Å². The SMILES string of the molecule is COc1cc(C)c(COC(=O)c2cc(C)n(-c3ccc(C)cc3)c2C)cc1OC.